The van der Waals surface area contributed by atoms with Crippen LogP contribution in [0.4, 0.5) is 0 Å². The van der Waals surface area contributed by atoms with Crippen molar-refractivity contribution >= 4 is 21.8 Å². The number of benzene rings is 1. The molecule has 1 rings (SSSR count). The van der Waals surface area contributed by atoms with Gasteiger partial charge in [-0.2, -0.15) is 0 Å². The Bertz CT molecular complexity index is 352. The predicted octanol–water partition coefficient (Wildman–Crippen LogP) is 2.60. The number of carbonyl (C=O) groups excluding carboxylic acids is 1. The lowest BCUT2D eigenvalue weighted by Crippen LogP contribution is -2.22. The maximum absolute atomic E-state index is 11.5. The van der Waals surface area contributed by atoms with Crippen molar-refractivity contribution in [2.45, 2.75) is 13.8 Å². The van der Waals surface area contributed by atoms with Crippen molar-refractivity contribution in [2.24, 2.45) is 0 Å². The van der Waals surface area contributed by atoms with E-state index in [0.717, 1.165) is 4.47 Å². The molecule has 0 aliphatic carbocycles. The fourth-order valence-electron chi connectivity index (χ4n) is 1.17. The van der Waals surface area contributed by atoms with Gasteiger partial charge in [0.2, 0.25) is 0 Å². The van der Waals surface area contributed by atoms with Gasteiger partial charge in [-0.25, -0.2) is 0 Å². The average molecular weight is 272 g/mol. The number of amides is 1. The number of ether oxygens (including phenoxy) is 1. The third-order valence-corrected chi connectivity index (χ3v) is 2.49. The lowest BCUT2D eigenvalue weighted by Gasteiger charge is -2.08. The van der Waals surface area contributed by atoms with Crippen molar-refractivity contribution in [3.05, 3.63) is 28.2 Å². The van der Waals surface area contributed by atoms with Crippen LogP contribution in [0.1, 0.15) is 24.2 Å². The summed E-state index contributed by atoms with van der Waals surface area (Å²) >= 11 is 3.36. The lowest BCUT2D eigenvalue weighted by atomic mass is 10.2. The summed E-state index contributed by atoms with van der Waals surface area (Å²) in [5, 5.41) is 2.74. The summed E-state index contributed by atoms with van der Waals surface area (Å²) in [5.74, 6) is 0.618. The van der Waals surface area contributed by atoms with E-state index in [1.807, 2.05) is 19.9 Å². The summed E-state index contributed by atoms with van der Waals surface area (Å²) in [6.45, 7) is 5.00. The number of hydrogen-bond donors (Lipinski definition) is 1. The number of carbonyl (C=O) groups is 1. The van der Waals surface area contributed by atoms with Gasteiger partial charge in [-0.1, -0.05) is 0 Å². The molecule has 1 N–H and O–H groups in total. The van der Waals surface area contributed by atoms with Gasteiger partial charge in [0, 0.05) is 12.1 Å². The molecule has 0 spiro atoms. The second-order valence-electron chi connectivity index (χ2n) is 2.94. The van der Waals surface area contributed by atoms with Crippen LogP contribution in [0, 0.1) is 0 Å². The van der Waals surface area contributed by atoms with Crippen molar-refractivity contribution in [1.82, 2.24) is 5.32 Å². The molecule has 0 saturated carbocycles. The van der Waals surface area contributed by atoms with Crippen LogP contribution in [-0.4, -0.2) is 19.1 Å². The van der Waals surface area contributed by atoms with Gasteiger partial charge in [0.15, 0.2) is 0 Å². The van der Waals surface area contributed by atoms with Gasteiger partial charge in [-0.15, -0.1) is 0 Å². The highest BCUT2D eigenvalue weighted by molar-refractivity contribution is 9.10. The molecular weight excluding hydrogens is 258 g/mol. The molecule has 82 valence electrons. The zero-order chi connectivity index (χ0) is 11.3. The van der Waals surface area contributed by atoms with Gasteiger partial charge in [0.25, 0.3) is 5.91 Å². The monoisotopic (exact) mass is 271 g/mol. The van der Waals surface area contributed by atoms with Crippen molar-refractivity contribution < 1.29 is 9.53 Å². The lowest BCUT2D eigenvalue weighted by molar-refractivity contribution is 0.0955. The maximum atomic E-state index is 11.5. The zero-order valence-electron chi connectivity index (χ0n) is 8.84. The van der Waals surface area contributed by atoms with Gasteiger partial charge < -0.3 is 10.1 Å². The van der Waals surface area contributed by atoms with Crippen LogP contribution < -0.4 is 10.1 Å². The Kier molecular flexibility index (Phi) is 4.62. The SMILES string of the molecule is CCNC(=O)c1ccc(Br)c(OCC)c1. The van der Waals surface area contributed by atoms with Crippen LogP contribution in [0.2, 0.25) is 0 Å². The Morgan fingerprint density at radius 2 is 2.20 bits per heavy atom. The third kappa shape index (κ3) is 3.23. The van der Waals surface area contributed by atoms with Crippen LogP contribution in [0.15, 0.2) is 22.7 Å². The topological polar surface area (TPSA) is 38.3 Å². The summed E-state index contributed by atoms with van der Waals surface area (Å²) in [4.78, 5) is 11.5. The number of halogens is 1. The predicted molar refractivity (Wildman–Crippen MR) is 63.3 cm³/mol. The molecule has 0 aliphatic rings. The van der Waals surface area contributed by atoms with Crippen molar-refractivity contribution in [2.75, 3.05) is 13.2 Å². The highest BCUT2D eigenvalue weighted by Crippen LogP contribution is 2.25. The molecule has 15 heavy (non-hydrogen) atoms. The van der Waals surface area contributed by atoms with Crippen LogP contribution in [0.25, 0.3) is 0 Å². The molecule has 1 amide bonds. The normalized spacial score (nSPS) is 9.80. The van der Waals surface area contributed by atoms with Crippen molar-refractivity contribution in [1.29, 1.82) is 0 Å². The first-order valence-electron chi connectivity index (χ1n) is 4.89. The second-order valence-corrected chi connectivity index (χ2v) is 3.79. The number of rotatable bonds is 4. The van der Waals surface area contributed by atoms with E-state index in [1.54, 1.807) is 12.1 Å². The van der Waals surface area contributed by atoms with Gasteiger partial charge in [0.1, 0.15) is 5.75 Å². The van der Waals surface area contributed by atoms with Crippen LogP contribution >= 0.6 is 15.9 Å². The summed E-state index contributed by atoms with van der Waals surface area (Å²) in [6.07, 6.45) is 0. The highest BCUT2D eigenvalue weighted by atomic mass is 79.9. The minimum Gasteiger partial charge on any atom is -0.493 e. The highest BCUT2D eigenvalue weighted by Gasteiger charge is 2.07. The van der Waals surface area contributed by atoms with E-state index in [4.69, 9.17) is 4.74 Å². The minimum atomic E-state index is -0.0778. The van der Waals surface area contributed by atoms with E-state index in [1.165, 1.54) is 0 Å². The van der Waals surface area contributed by atoms with Gasteiger partial charge >= 0.3 is 0 Å². The van der Waals surface area contributed by atoms with Crippen LogP contribution in [-0.2, 0) is 0 Å². The van der Waals surface area contributed by atoms with E-state index in [2.05, 4.69) is 21.2 Å². The molecular formula is C11H14BrNO2. The first kappa shape index (κ1) is 12.0. The Morgan fingerprint density at radius 1 is 1.47 bits per heavy atom. The van der Waals surface area contributed by atoms with Crippen LogP contribution in [0.3, 0.4) is 0 Å². The summed E-state index contributed by atoms with van der Waals surface area (Å²) < 4.78 is 6.24. The van der Waals surface area contributed by atoms with E-state index in [9.17, 15) is 4.79 Å². The third-order valence-electron chi connectivity index (χ3n) is 1.83. The minimum absolute atomic E-state index is 0.0778. The Hall–Kier alpha value is -1.03. The quantitative estimate of drug-likeness (QED) is 0.914. The van der Waals surface area contributed by atoms with E-state index in [-0.39, 0.29) is 5.91 Å². The second kappa shape index (κ2) is 5.75. The standard InChI is InChI=1S/C11H14BrNO2/c1-3-13-11(14)8-5-6-9(12)10(7-8)15-4-2/h5-7H,3-4H2,1-2H3,(H,13,14). The molecule has 1 aromatic carbocycles. The molecule has 1 aromatic rings. The van der Waals surface area contributed by atoms with E-state index < -0.39 is 0 Å². The molecule has 0 unspecified atom stereocenters. The molecule has 0 bridgehead atoms. The zero-order valence-corrected chi connectivity index (χ0v) is 10.4. The maximum Gasteiger partial charge on any atom is 0.251 e. The largest absolute Gasteiger partial charge is 0.493 e. The van der Waals surface area contributed by atoms with Crippen molar-refractivity contribution in [3.63, 3.8) is 0 Å². The molecule has 0 atom stereocenters. The molecule has 0 fully saturated rings. The van der Waals surface area contributed by atoms with E-state index in [0.29, 0.717) is 24.5 Å². The van der Waals surface area contributed by atoms with Crippen molar-refractivity contribution in [3.8, 4) is 5.75 Å². The molecule has 0 aromatic heterocycles. The number of nitrogens with one attached hydrogen (secondary N) is 1. The van der Waals surface area contributed by atoms with Gasteiger partial charge in [-0.3, -0.25) is 4.79 Å². The summed E-state index contributed by atoms with van der Waals surface area (Å²) in [5.41, 5.74) is 0.614. The number of hydrogen-bond acceptors (Lipinski definition) is 2. The Labute approximate surface area is 97.9 Å². The first-order chi connectivity index (χ1) is 7.19. The first-order valence-corrected chi connectivity index (χ1v) is 5.68. The van der Waals surface area contributed by atoms with E-state index >= 15 is 0 Å². The summed E-state index contributed by atoms with van der Waals surface area (Å²) in [7, 11) is 0. The smallest absolute Gasteiger partial charge is 0.251 e. The average Bonchev–Trinajstić information content (AvgIpc) is 2.22. The summed E-state index contributed by atoms with van der Waals surface area (Å²) in [6, 6.07) is 5.31. The molecule has 0 radical (unpaired) electrons. The fraction of sp³-hybridized carbons (Fsp3) is 0.364. The molecule has 3 nitrogen and oxygen atoms in total. The Balaban J connectivity index is 2.91. The molecule has 4 heteroatoms. The van der Waals surface area contributed by atoms with Gasteiger partial charge in [-0.05, 0) is 48.0 Å². The Morgan fingerprint density at radius 3 is 2.80 bits per heavy atom. The fourth-order valence-corrected chi connectivity index (χ4v) is 1.53. The molecule has 0 saturated heterocycles. The van der Waals surface area contributed by atoms with Crippen LogP contribution in [0.5, 0.6) is 5.75 Å². The van der Waals surface area contributed by atoms with Gasteiger partial charge in [0.05, 0.1) is 11.1 Å². The molecule has 0 aliphatic heterocycles. The molecule has 0 heterocycles.